The molecule has 4 rings (SSSR count). The quantitative estimate of drug-likeness (QED) is 0.582. The molecule has 0 amide bonds. The third-order valence-electron chi connectivity index (χ3n) is 6.09. The number of para-hydroxylation sites is 1. The first-order valence-electron chi connectivity index (χ1n) is 10.5. The maximum Gasteiger partial charge on any atom is 0.130 e. The summed E-state index contributed by atoms with van der Waals surface area (Å²) in [4.78, 5) is 0. The van der Waals surface area contributed by atoms with Gasteiger partial charge in [0.05, 0.1) is 20.3 Å². The Morgan fingerprint density at radius 2 is 1.48 bits per heavy atom. The molecule has 0 aliphatic carbocycles. The van der Waals surface area contributed by atoms with Gasteiger partial charge >= 0.3 is 0 Å². The predicted octanol–water partition coefficient (Wildman–Crippen LogP) is 4.65. The molecule has 3 aromatic rings. The van der Waals surface area contributed by atoms with E-state index in [2.05, 4.69) is 0 Å². The van der Waals surface area contributed by atoms with Crippen LogP contribution in [-0.4, -0.2) is 31.0 Å². The minimum Gasteiger partial charge on any atom is -0.497 e. The Kier molecular flexibility index (Phi) is 6.44. The second-order valence-electron chi connectivity index (χ2n) is 7.76. The lowest BCUT2D eigenvalue weighted by Crippen LogP contribution is -2.35. The number of ether oxygens (including phenoxy) is 3. The number of methoxy groups -OCH3 is 2. The van der Waals surface area contributed by atoms with Gasteiger partial charge < -0.3 is 24.4 Å². The molecule has 1 aliphatic rings. The molecule has 0 fully saturated rings. The molecule has 0 saturated heterocycles. The highest BCUT2D eigenvalue weighted by Crippen LogP contribution is 2.52. The Bertz CT molecular complexity index is 983. The van der Waals surface area contributed by atoms with Crippen LogP contribution in [0.1, 0.15) is 41.2 Å². The first kappa shape index (κ1) is 21.2. The smallest absolute Gasteiger partial charge is 0.130 e. The van der Waals surface area contributed by atoms with Gasteiger partial charge in [0.25, 0.3) is 0 Å². The van der Waals surface area contributed by atoms with Crippen molar-refractivity contribution in [3.05, 3.63) is 89.5 Å². The summed E-state index contributed by atoms with van der Waals surface area (Å²) in [6.07, 6.45) is -0.636. The van der Waals surface area contributed by atoms with Gasteiger partial charge in [0.1, 0.15) is 23.4 Å². The Hall–Kier alpha value is -3.02. The van der Waals surface area contributed by atoms with E-state index in [4.69, 9.17) is 14.2 Å². The van der Waals surface area contributed by atoms with Crippen LogP contribution in [-0.2, 0) is 0 Å². The number of benzene rings is 3. The Morgan fingerprint density at radius 3 is 2.10 bits per heavy atom. The second-order valence-corrected chi connectivity index (χ2v) is 7.76. The minimum atomic E-state index is -0.789. The van der Waals surface area contributed by atoms with Crippen LogP contribution in [0.2, 0.25) is 0 Å². The van der Waals surface area contributed by atoms with E-state index in [1.165, 1.54) is 0 Å². The van der Waals surface area contributed by atoms with Crippen molar-refractivity contribution < 1.29 is 24.4 Å². The van der Waals surface area contributed by atoms with Crippen LogP contribution in [0.4, 0.5) is 0 Å². The lowest BCUT2D eigenvalue weighted by molar-refractivity contribution is -0.0113. The van der Waals surface area contributed by atoms with E-state index in [0.29, 0.717) is 6.42 Å². The zero-order chi connectivity index (χ0) is 21.8. The molecule has 1 heterocycles. The number of fused-ring (bicyclic) bond motifs is 1. The lowest BCUT2D eigenvalue weighted by atomic mass is 9.72. The third kappa shape index (κ3) is 4.24. The molecule has 5 nitrogen and oxygen atoms in total. The van der Waals surface area contributed by atoms with Gasteiger partial charge in [-0.15, -0.1) is 0 Å². The molecule has 0 saturated carbocycles. The Balaban J connectivity index is 1.79. The fourth-order valence-corrected chi connectivity index (χ4v) is 4.51. The second kappa shape index (κ2) is 9.41. The summed E-state index contributed by atoms with van der Waals surface area (Å²) in [5, 5.41) is 21.4. The first-order valence-corrected chi connectivity index (χ1v) is 10.5. The molecular formula is C26H28O5. The maximum absolute atomic E-state index is 11.5. The van der Waals surface area contributed by atoms with E-state index in [0.717, 1.165) is 33.9 Å². The molecule has 4 atom stereocenters. The number of aliphatic hydroxyl groups is 2. The molecule has 1 aliphatic heterocycles. The van der Waals surface area contributed by atoms with Crippen LogP contribution in [0.15, 0.2) is 72.8 Å². The molecule has 0 bridgehead atoms. The SMILES string of the molecule is COc1ccc(C(O)[C@@H]2[C@@H](CCO)c3ccccc3O[C@H]2c2ccc(OC)cc2)cc1. The van der Waals surface area contributed by atoms with Gasteiger partial charge in [0, 0.05) is 12.5 Å². The molecule has 31 heavy (non-hydrogen) atoms. The average molecular weight is 421 g/mol. The molecule has 2 N–H and O–H groups in total. The number of hydrogen-bond donors (Lipinski definition) is 2. The highest BCUT2D eigenvalue weighted by Gasteiger charge is 2.43. The topological polar surface area (TPSA) is 68.2 Å². The van der Waals surface area contributed by atoms with E-state index in [1.54, 1.807) is 14.2 Å². The van der Waals surface area contributed by atoms with Crippen molar-refractivity contribution >= 4 is 0 Å². The van der Waals surface area contributed by atoms with Gasteiger partial charge in [-0.2, -0.15) is 0 Å². The molecular weight excluding hydrogens is 392 g/mol. The molecule has 5 heteroatoms. The van der Waals surface area contributed by atoms with Crippen LogP contribution < -0.4 is 14.2 Å². The zero-order valence-corrected chi connectivity index (χ0v) is 17.8. The van der Waals surface area contributed by atoms with Gasteiger partial charge in [0.15, 0.2) is 0 Å². The van der Waals surface area contributed by atoms with Crippen molar-refractivity contribution in [1.29, 1.82) is 0 Å². The Morgan fingerprint density at radius 1 is 0.871 bits per heavy atom. The summed E-state index contributed by atoms with van der Waals surface area (Å²) in [5.41, 5.74) is 2.75. The molecule has 3 aromatic carbocycles. The highest BCUT2D eigenvalue weighted by atomic mass is 16.5. The van der Waals surface area contributed by atoms with Gasteiger partial charge in [-0.25, -0.2) is 0 Å². The summed E-state index contributed by atoms with van der Waals surface area (Å²) >= 11 is 0. The summed E-state index contributed by atoms with van der Waals surface area (Å²) < 4.78 is 17.0. The third-order valence-corrected chi connectivity index (χ3v) is 6.09. The monoisotopic (exact) mass is 420 g/mol. The standard InChI is InChI=1S/C26H28O5/c1-29-19-11-7-17(8-12-19)25(28)24-22(15-16-27)21-5-3-4-6-23(21)31-26(24)18-9-13-20(30-2)14-10-18/h3-14,22,24-28H,15-16H2,1-2H3/t22-,24-,25?,26-/m0/s1. The van der Waals surface area contributed by atoms with Gasteiger partial charge in [-0.3, -0.25) is 0 Å². The summed E-state index contributed by atoms with van der Waals surface area (Å²) in [5.74, 6) is 1.93. The number of hydrogen-bond acceptors (Lipinski definition) is 5. The van der Waals surface area contributed by atoms with Crippen molar-refractivity contribution in [1.82, 2.24) is 0 Å². The molecule has 0 aromatic heterocycles. The van der Waals surface area contributed by atoms with Crippen molar-refractivity contribution in [3.63, 3.8) is 0 Å². The fraction of sp³-hybridized carbons (Fsp3) is 0.308. The van der Waals surface area contributed by atoms with Crippen molar-refractivity contribution in [2.45, 2.75) is 24.5 Å². The fourth-order valence-electron chi connectivity index (χ4n) is 4.51. The van der Waals surface area contributed by atoms with Crippen molar-refractivity contribution in [2.75, 3.05) is 20.8 Å². The Labute approximate surface area is 182 Å². The predicted molar refractivity (Wildman–Crippen MR) is 119 cm³/mol. The number of rotatable bonds is 7. The maximum atomic E-state index is 11.5. The summed E-state index contributed by atoms with van der Waals surface area (Å²) in [6.45, 7) is 0.0279. The van der Waals surface area contributed by atoms with E-state index in [9.17, 15) is 10.2 Å². The number of aliphatic hydroxyl groups excluding tert-OH is 2. The van der Waals surface area contributed by atoms with Crippen LogP contribution in [0, 0.1) is 5.92 Å². The molecule has 1 unspecified atom stereocenters. The minimum absolute atomic E-state index is 0.0279. The van der Waals surface area contributed by atoms with Gasteiger partial charge in [-0.1, -0.05) is 42.5 Å². The van der Waals surface area contributed by atoms with Crippen molar-refractivity contribution in [3.8, 4) is 17.2 Å². The largest absolute Gasteiger partial charge is 0.497 e. The van der Waals surface area contributed by atoms with E-state index in [-0.39, 0.29) is 24.5 Å². The van der Waals surface area contributed by atoms with Crippen LogP contribution in [0.25, 0.3) is 0 Å². The molecule has 0 spiro atoms. The molecule has 162 valence electrons. The van der Waals surface area contributed by atoms with Crippen LogP contribution in [0.3, 0.4) is 0 Å². The van der Waals surface area contributed by atoms with E-state index >= 15 is 0 Å². The van der Waals surface area contributed by atoms with E-state index < -0.39 is 6.10 Å². The van der Waals surface area contributed by atoms with Crippen LogP contribution in [0.5, 0.6) is 17.2 Å². The lowest BCUT2D eigenvalue weighted by Gasteiger charge is -2.42. The van der Waals surface area contributed by atoms with Crippen LogP contribution >= 0.6 is 0 Å². The van der Waals surface area contributed by atoms with Gasteiger partial charge in [0.2, 0.25) is 0 Å². The highest BCUT2D eigenvalue weighted by molar-refractivity contribution is 5.42. The first-order chi connectivity index (χ1) is 15.2. The zero-order valence-electron chi connectivity index (χ0n) is 17.8. The normalized spacial score (nSPS) is 21.0. The van der Waals surface area contributed by atoms with Gasteiger partial charge in [-0.05, 0) is 59.4 Å². The summed E-state index contributed by atoms with van der Waals surface area (Å²) in [7, 11) is 3.25. The van der Waals surface area contributed by atoms with Crippen molar-refractivity contribution in [2.24, 2.45) is 5.92 Å². The summed E-state index contributed by atoms with van der Waals surface area (Å²) in [6, 6.07) is 23.1. The van der Waals surface area contributed by atoms with E-state index in [1.807, 2.05) is 72.8 Å². The average Bonchev–Trinajstić information content (AvgIpc) is 2.83. The molecule has 0 radical (unpaired) electrons.